The van der Waals surface area contributed by atoms with E-state index in [1.165, 1.54) is 5.56 Å². The number of piperidine rings is 1. The first kappa shape index (κ1) is 20.2. The summed E-state index contributed by atoms with van der Waals surface area (Å²) in [6.07, 6.45) is 5.65. The van der Waals surface area contributed by atoms with Crippen LogP contribution in [0, 0.1) is 0 Å². The van der Waals surface area contributed by atoms with Crippen molar-refractivity contribution < 1.29 is 4.79 Å². The van der Waals surface area contributed by atoms with Crippen LogP contribution in [0.5, 0.6) is 0 Å². The minimum absolute atomic E-state index is 0.113. The van der Waals surface area contributed by atoms with Crippen molar-refractivity contribution in [3.8, 4) is 11.3 Å². The summed E-state index contributed by atoms with van der Waals surface area (Å²) in [6, 6.07) is 21.7. The highest BCUT2D eigenvalue weighted by atomic mass is 16.1. The van der Waals surface area contributed by atoms with Gasteiger partial charge in [0, 0.05) is 36.8 Å². The molecule has 2 N–H and O–H groups in total. The Labute approximate surface area is 187 Å². The number of rotatable bonds is 6. The molecule has 32 heavy (non-hydrogen) atoms. The van der Waals surface area contributed by atoms with Crippen LogP contribution >= 0.6 is 0 Å². The van der Waals surface area contributed by atoms with Crippen LogP contribution in [0.4, 0.5) is 5.82 Å². The molecular weight excluding hydrogens is 400 g/mol. The molecule has 3 heterocycles. The third-order valence-corrected chi connectivity index (χ3v) is 6.03. The van der Waals surface area contributed by atoms with E-state index in [1.807, 2.05) is 65.5 Å². The van der Waals surface area contributed by atoms with E-state index in [0.717, 1.165) is 49.6 Å². The summed E-state index contributed by atoms with van der Waals surface area (Å²) in [5.41, 5.74) is 4.10. The van der Waals surface area contributed by atoms with Gasteiger partial charge >= 0.3 is 0 Å². The molecule has 0 saturated carbocycles. The number of nitrogens with one attached hydrogen (secondary N) is 2. The predicted octanol–water partition coefficient (Wildman–Crippen LogP) is 4.36. The number of aromatic nitrogens is 4. The Balaban J connectivity index is 1.21. The van der Waals surface area contributed by atoms with E-state index in [9.17, 15) is 4.79 Å². The summed E-state index contributed by atoms with van der Waals surface area (Å²) in [5.74, 6) is 0.636. The first-order valence-electron chi connectivity index (χ1n) is 11.0. The summed E-state index contributed by atoms with van der Waals surface area (Å²) < 4.78 is 1.96. The fourth-order valence-electron chi connectivity index (χ4n) is 4.33. The van der Waals surface area contributed by atoms with Gasteiger partial charge in [-0.3, -0.25) is 14.8 Å². The zero-order valence-corrected chi connectivity index (χ0v) is 17.8. The molecule has 1 amide bonds. The number of likely N-dealkylation sites (tertiary alicyclic amines) is 1. The fourth-order valence-corrected chi connectivity index (χ4v) is 4.33. The molecular formula is C25H26N6O. The first-order valence-corrected chi connectivity index (χ1v) is 11.0. The van der Waals surface area contributed by atoms with Gasteiger partial charge in [0.2, 0.25) is 0 Å². The maximum atomic E-state index is 12.6. The van der Waals surface area contributed by atoms with E-state index in [1.54, 1.807) is 6.20 Å². The minimum atomic E-state index is -0.113. The monoisotopic (exact) mass is 426 g/mol. The molecule has 7 heteroatoms. The maximum absolute atomic E-state index is 12.6. The normalized spacial score (nSPS) is 15.0. The highest BCUT2D eigenvalue weighted by Crippen LogP contribution is 2.28. The molecule has 1 aliphatic heterocycles. The van der Waals surface area contributed by atoms with Gasteiger partial charge in [0.25, 0.3) is 5.91 Å². The van der Waals surface area contributed by atoms with Crippen LogP contribution < -0.4 is 5.32 Å². The van der Waals surface area contributed by atoms with Crippen molar-refractivity contribution in [2.24, 2.45) is 0 Å². The van der Waals surface area contributed by atoms with Crippen molar-refractivity contribution in [2.75, 3.05) is 18.4 Å². The number of H-pyrrole nitrogens is 1. The van der Waals surface area contributed by atoms with Crippen LogP contribution in [0.15, 0.2) is 79.1 Å². The predicted molar refractivity (Wildman–Crippen MR) is 124 cm³/mol. The van der Waals surface area contributed by atoms with Crippen molar-refractivity contribution in [3.63, 3.8) is 0 Å². The molecule has 5 rings (SSSR count). The molecule has 0 unspecified atom stereocenters. The van der Waals surface area contributed by atoms with E-state index in [2.05, 4.69) is 37.6 Å². The number of nitrogens with zero attached hydrogens (tertiary/aromatic N) is 4. The molecule has 0 atom stereocenters. The second-order valence-corrected chi connectivity index (χ2v) is 8.12. The molecule has 1 fully saturated rings. The van der Waals surface area contributed by atoms with Crippen molar-refractivity contribution in [1.29, 1.82) is 0 Å². The Morgan fingerprint density at radius 3 is 2.47 bits per heavy atom. The lowest BCUT2D eigenvalue weighted by atomic mass is 10.0. The largest absolute Gasteiger partial charge is 0.307 e. The zero-order chi connectivity index (χ0) is 21.8. The van der Waals surface area contributed by atoms with Crippen LogP contribution in [-0.4, -0.2) is 43.9 Å². The Morgan fingerprint density at radius 1 is 1.00 bits per heavy atom. The smallest absolute Gasteiger partial charge is 0.256 e. The number of carbonyl (C=O) groups excluding carboxylic acids is 1. The summed E-state index contributed by atoms with van der Waals surface area (Å²) in [7, 11) is 0. The molecule has 0 bridgehead atoms. The topological polar surface area (TPSA) is 78.8 Å². The van der Waals surface area contributed by atoms with E-state index in [0.29, 0.717) is 5.56 Å². The average molecular weight is 427 g/mol. The second kappa shape index (κ2) is 9.20. The molecule has 2 aromatic carbocycles. The quantitative estimate of drug-likeness (QED) is 0.480. The van der Waals surface area contributed by atoms with E-state index in [4.69, 9.17) is 0 Å². The molecule has 1 saturated heterocycles. The summed E-state index contributed by atoms with van der Waals surface area (Å²) in [4.78, 5) is 15.0. The second-order valence-electron chi connectivity index (χ2n) is 8.12. The van der Waals surface area contributed by atoms with Crippen LogP contribution in [0.1, 0.15) is 34.8 Å². The Bertz CT molecular complexity index is 1160. The highest BCUT2D eigenvalue weighted by Gasteiger charge is 2.24. The molecule has 2 aromatic heterocycles. The van der Waals surface area contributed by atoms with E-state index < -0.39 is 0 Å². The van der Waals surface area contributed by atoms with Gasteiger partial charge in [-0.15, -0.1) is 0 Å². The van der Waals surface area contributed by atoms with Gasteiger partial charge in [-0.2, -0.15) is 10.2 Å². The van der Waals surface area contributed by atoms with Crippen LogP contribution in [0.25, 0.3) is 11.3 Å². The zero-order valence-electron chi connectivity index (χ0n) is 17.8. The van der Waals surface area contributed by atoms with Gasteiger partial charge in [-0.05, 0) is 30.5 Å². The molecule has 7 nitrogen and oxygen atoms in total. The van der Waals surface area contributed by atoms with Gasteiger partial charge in [-0.25, -0.2) is 4.68 Å². The standard InChI is InChI=1S/C25H26N6O/c32-25(20-9-5-2-6-10-20)28-23-11-14-27-31(23)22-12-15-30(16-13-22)18-21-17-26-29-24(21)19-7-3-1-4-8-19/h1-11,14,17,22H,12-13,15-16,18H2,(H,26,29)(H,28,32). The third-order valence-electron chi connectivity index (χ3n) is 6.03. The maximum Gasteiger partial charge on any atom is 0.256 e. The Hall–Kier alpha value is -3.71. The third kappa shape index (κ3) is 4.33. The Morgan fingerprint density at radius 2 is 1.72 bits per heavy atom. The van der Waals surface area contributed by atoms with E-state index in [-0.39, 0.29) is 11.9 Å². The number of hydrogen-bond acceptors (Lipinski definition) is 4. The molecule has 0 aliphatic carbocycles. The van der Waals surface area contributed by atoms with Gasteiger partial charge in [0.05, 0.1) is 24.1 Å². The fraction of sp³-hybridized carbons (Fsp3) is 0.240. The van der Waals surface area contributed by atoms with Gasteiger partial charge in [-0.1, -0.05) is 48.5 Å². The minimum Gasteiger partial charge on any atom is -0.307 e. The number of carbonyl (C=O) groups is 1. The molecule has 0 spiro atoms. The van der Waals surface area contributed by atoms with Crippen molar-refractivity contribution >= 4 is 11.7 Å². The number of anilines is 1. The summed E-state index contributed by atoms with van der Waals surface area (Å²) in [6.45, 7) is 2.80. The lowest BCUT2D eigenvalue weighted by molar-refractivity contribution is 0.102. The van der Waals surface area contributed by atoms with E-state index >= 15 is 0 Å². The number of aromatic amines is 1. The van der Waals surface area contributed by atoms with Crippen LogP contribution in [0.3, 0.4) is 0 Å². The number of hydrogen-bond donors (Lipinski definition) is 2. The highest BCUT2D eigenvalue weighted by molar-refractivity contribution is 6.03. The molecule has 4 aromatic rings. The number of amides is 1. The van der Waals surface area contributed by atoms with Crippen LogP contribution in [0.2, 0.25) is 0 Å². The lowest BCUT2D eigenvalue weighted by Crippen LogP contribution is -2.35. The number of benzene rings is 2. The first-order chi connectivity index (χ1) is 15.8. The van der Waals surface area contributed by atoms with Gasteiger partial charge in [0.15, 0.2) is 0 Å². The average Bonchev–Trinajstić information content (AvgIpc) is 3.50. The lowest BCUT2D eigenvalue weighted by Gasteiger charge is -2.32. The van der Waals surface area contributed by atoms with Gasteiger partial charge < -0.3 is 5.32 Å². The summed E-state index contributed by atoms with van der Waals surface area (Å²) >= 11 is 0. The van der Waals surface area contributed by atoms with Gasteiger partial charge in [0.1, 0.15) is 5.82 Å². The van der Waals surface area contributed by atoms with Crippen molar-refractivity contribution in [1.82, 2.24) is 24.9 Å². The molecule has 0 radical (unpaired) electrons. The molecule has 1 aliphatic rings. The van der Waals surface area contributed by atoms with Crippen molar-refractivity contribution in [2.45, 2.75) is 25.4 Å². The molecule has 162 valence electrons. The van der Waals surface area contributed by atoms with Crippen LogP contribution in [-0.2, 0) is 6.54 Å². The SMILES string of the molecule is O=C(Nc1ccnn1C1CCN(Cc2cn[nH]c2-c2ccccc2)CC1)c1ccccc1. The Kier molecular flexibility index (Phi) is 5.81. The van der Waals surface area contributed by atoms with Crippen molar-refractivity contribution in [3.05, 3.63) is 90.3 Å². The summed E-state index contributed by atoms with van der Waals surface area (Å²) in [5, 5.41) is 15.0.